The Kier molecular flexibility index (Phi) is 6.26. The second-order valence-corrected chi connectivity index (χ2v) is 8.34. The van der Waals surface area contributed by atoms with Gasteiger partial charge in [0.25, 0.3) is 10.1 Å². The van der Waals surface area contributed by atoms with Crippen LogP contribution in [-0.2, 0) is 14.9 Å². The fraction of sp³-hybridized carbons (Fsp3) is 0.316. The smallest absolute Gasteiger partial charge is 0.274 e. The number of nitrogens with one attached hydrogen (secondary N) is 1. The van der Waals surface area contributed by atoms with Gasteiger partial charge in [0, 0.05) is 43.5 Å². The Morgan fingerprint density at radius 1 is 1.21 bits per heavy atom. The summed E-state index contributed by atoms with van der Waals surface area (Å²) in [5, 5.41) is 2.46. The molecule has 2 N–H and O–H groups in total. The normalized spacial score (nSPS) is 15.2. The minimum Gasteiger partial charge on any atom is -0.367 e. The molecule has 9 nitrogen and oxygen atoms in total. The average Bonchev–Trinajstić information content (AvgIpc) is 3.26. The fourth-order valence-corrected chi connectivity index (χ4v) is 3.36. The number of rotatable bonds is 5. The van der Waals surface area contributed by atoms with E-state index >= 15 is 0 Å². The number of hydrogen-bond donors (Lipinski definition) is 2. The molecule has 1 aromatic carbocycles. The molecule has 1 fully saturated rings. The number of fused-ring (bicyclic) bond motifs is 1. The molecule has 3 aliphatic rings. The zero-order chi connectivity index (χ0) is 21.0. The highest BCUT2D eigenvalue weighted by molar-refractivity contribution is 7.86. The molecule has 0 radical (unpaired) electrons. The molecule has 0 spiro atoms. The van der Waals surface area contributed by atoms with Gasteiger partial charge < -0.3 is 15.1 Å². The Bertz CT molecular complexity index is 1000. The van der Waals surface area contributed by atoms with Crippen LogP contribution in [0.3, 0.4) is 0 Å². The van der Waals surface area contributed by atoms with Crippen LogP contribution in [0.1, 0.15) is 10.4 Å². The number of amides is 1. The molecule has 1 aliphatic carbocycles. The van der Waals surface area contributed by atoms with Crippen LogP contribution in [0.25, 0.3) is 11.3 Å². The molecule has 154 valence electrons. The van der Waals surface area contributed by atoms with Crippen molar-refractivity contribution in [2.75, 3.05) is 49.2 Å². The predicted molar refractivity (Wildman–Crippen MR) is 110 cm³/mol. The first-order valence-electron chi connectivity index (χ1n) is 8.99. The highest BCUT2D eigenvalue weighted by atomic mass is 32.2. The summed E-state index contributed by atoms with van der Waals surface area (Å²) in [6, 6.07) is 8.91. The summed E-state index contributed by atoms with van der Waals surface area (Å²) in [6.07, 6.45) is 2.47. The zero-order valence-corrected chi connectivity index (χ0v) is 16.7. The van der Waals surface area contributed by atoms with E-state index in [9.17, 15) is 18.0 Å². The molecule has 4 rings (SSSR count). The first-order chi connectivity index (χ1) is 13.7. The number of carbonyl (C=O) groups excluding carboxylic acids is 2. The minimum atomic E-state index is -4.41. The largest absolute Gasteiger partial charge is 0.367 e. The third kappa shape index (κ3) is 6.08. The molecule has 2 heterocycles. The molecule has 1 amide bonds. The second-order valence-electron chi connectivity index (χ2n) is 6.89. The van der Waals surface area contributed by atoms with E-state index in [1.807, 2.05) is 19.3 Å². The molecular weight excluding hydrogens is 396 g/mol. The van der Waals surface area contributed by atoms with Crippen LogP contribution in [0, 0.1) is 0 Å². The van der Waals surface area contributed by atoms with Gasteiger partial charge in [-0.25, -0.2) is 0 Å². The van der Waals surface area contributed by atoms with Crippen LogP contribution in [0.5, 0.6) is 0 Å². The number of aldehydes is 1. The molecular formula is C19H22N4O5S. The van der Waals surface area contributed by atoms with E-state index in [1.165, 1.54) is 17.3 Å². The summed E-state index contributed by atoms with van der Waals surface area (Å²) in [6.45, 7) is 3.21. The van der Waals surface area contributed by atoms with E-state index in [-0.39, 0.29) is 0 Å². The first-order valence-corrected chi connectivity index (χ1v) is 10.6. The van der Waals surface area contributed by atoms with Crippen molar-refractivity contribution in [2.45, 2.75) is 0 Å². The number of piperazine rings is 1. The lowest BCUT2D eigenvalue weighted by molar-refractivity contribution is -0.113. The van der Waals surface area contributed by atoms with E-state index < -0.39 is 21.8 Å². The molecule has 0 aromatic heterocycles. The van der Waals surface area contributed by atoms with E-state index in [0.717, 1.165) is 26.2 Å². The van der Waals surface area contributed by atoms with Crippen molar-refractivity contribution < 1.29 is 22.6 Å². The molecule has 0 unspecified atom stereocenters. The number of aromatic nitrogens is 1. The second kappa shape index (κ2) is 8.68. The standard InChI is InChI=1S/C14H19N3O5S.C5H3N/c1-16-4-6-17(7-5-16)13-3-2-11(9-18)8-12(13)15-14(19)10-23(20,21)22;1-2-6-5-3-4(1)5/h2-3,8-9H,4-7,10H2,1H3,(H,15,19)(H,20,21,22);1-3H. The Morgan fingerprint density at radius 3 is 2.41 bits per heavy atom. The van der Waals surface area contributed by atoms with Crippen molar-refractivity contribution in [3.05, 3.63) is 42.1 Å². The van der Waals surface area contributed by atoms with Crippen molar-refractivity contribution in [3.8, 4) is 11.3 Å². The van der Waals surface area contributed by atoms with Crippen LogP contribution in [-0.4, -0.2) is 74.0 Å². The quantitative estimate of drug-likeness (QED) is 0.468. The highest BCUT2D eigenvalue weighted by Crippen LogP contribution is 2.29. The number of pyridine rings is 1. The van der Waals surface area contributed by atoms with Gasteiger partial charge in [-0.2, -0.15) is 8.42 Å². The highest BCUT2D eigenvalue weighted by Gasteiger charge is 2.20. The van der Waals surface area contributed by atoms with Crippen molar-refractivity contribution >= 4 is 33.7 Å². The summed E-state index contributed by atoms with van der Waals surface area (Å²) in [5.74, 6) is -1.88. The first kappa shape index (κ1) is 20.9. The van der Waals surface area contributed by atoms with Crippen LogP contribution >= 0.6 is 0 Å². The number of nitrogens with zero attached hydrogens (tertiary/aromatic N) is 3. The van der Waals surface area contributed by atoms with E-state index in [4.69, 9.17) is 4.55 Å². The summed E-state index contributed by atoms with van der Waals surface area (Å²) in [7, 11) is -2.39. The van der Waals surface area contributed by atoms with Gasteiger partial charge in [0.15, 0.2) is 5.75 Å². The van der Waals surface area contributed by atoms with Crippen molar-refractivity contribution in [2.24, 2.45) is 0 Å². The van der Waals surface area contributed by atoms with Crippen molar-refractivity contribution in [1.29, 1.82) is 0 Å². The van der Waals surface area contributed by atoms with Crippen LogP contribution < -0.4 is 10.2 Å². The minimum absolute atomic E-state index is 0.354. The summed E-state index contributed by atoms with van der Waals surface area (Å²) in [5.41, 5.74) is 3.93. The Hall–Kier alpha value is -2.82. The monoisotopic (exact) mass is 418 g/mol. The van der Waals surface area contributed by atoms with E-state index in [1.54, 1.807) is 12.1 Å². The molecule has 0 saturated carbocycles. The molecule has 0 atom stereocenters. The summed E-state index contributed by atoms with van der Waals surface area (Å²) >= 11 is 0. The van der Waals surface area contributed by atoms with E-state index in [0.29, 0.717) is 23.2 Å². The number of likely N-dealkylation sites (N-methyl/N-ethyl adjacent to an activating group) is 1. The topological polar surface area (TPSA) is 120 Å². The Labute approximate surface area is 169 Å². The van der Waals surface area contributed by atoms with E-state index in [2.05, 4.69) is 26.2 Å². The molecule has 29 heavy (non-hydrogen) atoms. The van der Waals surface area contributed by atoms with Gasteiger partial charge in [-0.15, -0.1) is 0 Å². The number of hydrogen-bond acceptors (Lipinski definition) is 7. The third-order valence-corrected chi connectivity index (χ3v) is 5.19. The number of benzene rings is 1. The average molecular weight is 418 g/mol. The van der Waals surface area contributed by atoms with Crippen LogP contribution in [0.4, 0.5) is 11.4 Å². The van der Waals surface area contributed by atoms with Gasteiger partial charge in [0.2, 0.25) is 5.91 Å². The van der Waals surface area contributed by atoms with Gasteiger partial charge in [-0.1, -0.05) is 0 Å². The van der Waals surface area contributed by atoms with Gasteiger partial charge in [0.05, 0.1) is 17.1 Å². The van der Waals surface area contributed by atoms with Crippen LogP contribution in [0.15, 0.2) is 36.5 Å². The number of anilines is 2. The maximum atomic E-state index is 11.7. The maximum absolute atomic E-state index is 11.7. The van der Waals surface area contributed by atoms with Crippen molar-refractivity contribution in [3.63, 3.8) is 0 Å². The molecule has 0 bridgehead atoms. The molecule has 10 heteroatoms. The van der Waals surface area contributed by atoms with Gasteiger partial charge in [0.1, 0.15) is 6.29 Å². The summed E-state index contributed by atoms with van der Waals surface area (Å²) in [4.78, 5) is 30.9. The molecule has 1 saturated heterocycles. The molecule has 2 aliphatic heterocycles. The maximum Gasteiger partial charge on any atom is 0.274 e. The zero-order valence-electron chi connectivity index (χ0n) is 15.9. The lowest BCUT2D eigenvalue weighted by atomic mass is 10.1. The molecule has 1 aromatic rings. The number of carbonyl (C=O) groups is 2. The Morgan fingerprint density at radius 2 is 1.93 bits per heavy atom. The van der Waals surface area contributed by atoms with Gasteiger partial charge in [-0.3, -0.25) is 19.1 Å². The van der Waals surface area contributed by atoms with Crippen LogP contribution in [0.2, 0.25) is 0 Å². The predicted octanol–water partition coefficient (Wildman–Crippen LogP) is 1.14. The van der Waals surface area contributed by atoms with Crippen molar-refractivity contribution in [1.82, 2.24) is 9.88 Å². The summed E-state index contributed by atoms with van der Waals surface area (Å²) < 4.78 is 30.4. The van der Waals surface area contributed by atoms with Gasteiger partial charge in [-0.05, 0) is 37.4 Å². The van der Waals surface area contributed by atoms with Gasteiger partial charge >= 0.3 is 0 Å². The lowest BCUT2D eigenvalue weighted by Gasteiger charge is -2.35. The lowest BCUT2D eigenvalue weighted by Crippen LogP contribution is -2.44. The SMILES string of the molecule is CN1CCN(c2ccc(C=O)cc2NC(=O)CS(=O)(=O)O)CC1.c1cc2cc-2n1. The fourth-order valence-electron chi connectivity index (χ4n) is 2.96. The Balaban J connectivity index is 0.000000334. The third-order valence-electron chi connectivity index (χ3n) is 4.56.